The molecule has 3 nitrogen and oxygen atoms in total. The first kappa shape index (κ1) is 12.9. The van der Waals surface area contributed by atoms with E-state index in [0.717, 1.165) is 19.6 Å². The van der Waals surface area contributed by atoms with Crippen molar-refractivity contribution < 1.29 is 4.74 Å². The number of hydrogen-bond donors (Lipinski definition) is 0. The molecule has 3 heteroatoms. The molecule has 0 amide bonds. The van der Waals surface area contributed by atoms with Crippen molar-refractivity contribution in [3.8, 4) is 6.07 Å². The molecule has 1 unspecified atom stereocenters. The van der Waals surface area contributed by atoms with Gasteiger partial charge in [0.25, 0.3) is 0 Å². The van der Waals surface area contributed by atoms with Crippen molar-refractivity contribution in [1.29, 1.82) is 5.26 Å². The normalized spacial score (nSPS) is 27.1. The highest BCUT2D eigenvalue weighted by molar-refractivity contribution is 4.97. The summed E-state index contributed by atoms with van der Waals surface area (Å²) in [5, 5.41) is 8.75. The number of nitriles is 1. The van der Waals surface area contributed by atoms with Crippen LogP contribution in [0.25, 0.3) is 0 Å². The van der Waals surface area contributed by atoms with Crippen LogP contribution in [0.4, 0.5) is 0 Å². The van der Waals surface area contributed by atoms with E-state index in [1.54, 1.807) is 0 Å². The Morgan fingerprint density at radius 2 is 2.24 bits per heavy atom. The maximum atomic E-state index is 8.75. The van der Waals surface area contributed by atoms with E-state index >= 15 is 0 Å². The quantitative estimate of drug-likeness (QED) is 0.753. The molecular weight excluding hydrogens is 212 g/mol. The average Bonchev–Trinajstić information content (AvgIpc) is 2.27. The van der Waals surface area contributed by atoms with Crippen molar-refractivity contribution in [2.75, 3.05) is 13.2 Å². The van der Waals surface area contributed by atoms with E-state index in [-0.39, 0.29) is 5.60 Å². The monoisotopic (exact) mass is 236 g/mol. The van der Waals surface area contributed by atoms with Crippen LogP contribution in [-0.2, 0) is 4.74 Å². The SMILES string of the molecule is CC(C)N(CCC#N)C1CCOC2(CCC2)C1. The van der Waals surface area contributed by atoms with Crippen LogP contribution in [0.2, 0.25) is 0 Å². The van der Waals surface area contributed by atoms with Crippen LogP contribution in [0.1, 0.15) is 52.4 Å². The molecule has 2 aliphatic rings. The molecule has 17 heavy (non-hydrogen) atoms. The fraction of sp³-hybridized carbons (Fsp3) is 0.929. The van der Waals surface area contributed by atoms with Gasteiger partial charge in [-0.1, -0.05) is 0 Å². The third kappa shape index (κ3) is 2.81. The zero-order chi connectivity index (χ0) is 12.3. The molecule has 1 saturated carbocycles. The summed E-state index contributed by atoms with van der Waals surface area (Å²) in [5.41, 5.74) is 0.211. The second-order valence-electron chi connectivity index (χ2n) is 5.77. The highest BCUT2D eigenvalue weighted by Crippen LogP contribution is 2.43. The smallest absolute Gasteiger partial charge is 0.0697 e. The van der Waals surface area contributed by atoms with Gasteiger partial charge in [0.15, 0.2) is 0 Å². The Bertz CT molecular complexity index is 291. The van der Waals surface area contributed by atoms with Gasteiger partial charge in [0.2, 0.25) is 0 Å². The molecule has 1 spiro atoms. The number of rotatable bonds is 4. The highest BCUT2D eigenvalue weighted by atomic mass is 16.5. The van der Waals surface area contributed by atoms with Crippen LogP contribution in [0, 0.1) is 11.3 Å². The van der Waals surface area contributed by atoms with Crippen molar-refractivity contribution in [2.45, 2.75) is 70.1 Å². The fourth-order valence-electron chi connectivity index (χ4n) is 3.25. The minimum atomic E-state index is 0.211. The van der Waals surface area contributed by atoms with Crippen LogP contribution in [-0.4, -0.2) is 35.7 Å². The summed E-state index contributed by atoms with van der Waals surface area (Å²) in [6.45, 7) is 6.29. The lowest BCUT2D eigenvalue weighted by Crippen LogP contribution is -2.53. The third-order valence-electron chi connectivity index (χ3n) is 4.35. The largest absolute Gasteiger partial charge is 0.375 e. The van der Waals surface area contributed by atoms with Crippen molar-refractivity contribution in [3.63, 3.8) is 0 Å². The third-order valence-corrected chi connectivity index (χ3v) is 4.35. The van der Waals surface area contributed by atoms with Gasteiger partial charge in [-0.3, -0.25) is 4.90 Å². The van der Waals surface area contributed by atoms with E-state index in [0.29, 0.717) is 18.5 Å². The standard InChI is InChI=1S/C14H24N2O/c1-12(2)16(9-4-8-15)13-5-10-17-14(11-13)6-3-7-14/h12-13H,3-7,9-11H2,1-2H3. The van der Waals surface area contributed by atoms with Gasteiger partial charge in [0, 0.05) is 31.7 Å². The molecule has 1 aliphatic carbocycles. The molecule has 2 fully saturated rings. The predicted molar refractivity (Wildman–Crippen MR) is 67.6 cm³/mol. The topological polar surface area (TPSA) is 36.3 Å². The lowest BCUT2D eigenvalue weighted by Gasteiger charge is -2.50. The van der Waals surface area contributed by atoms with Crippen LogP contribution in [0.3, 0.4) is 0 Å². The molecular formula is C14H24N2O. The average molecular weight is 236 g/mol. The summed E-state index contributed by atoms with van der Waals surface area (Å²) in [6.07, 6.45) is 6.76. The van der Waals surface area contributed by atoms with E-state index in [4.69, 9.17) is 10.00 Å². The summed E-state index contributed by atoms with van der Waals surface area (Å²) in [4.78, 5) is 2.51. The molecule has 0 aromatic heterocycles. The summed E-state index contributed by atoms with van der Waals surface area (Å²) in [7, 11) is 0. The Kier molecular flexibility index (Phi) is 4.06. The Labute approximate surface area is 105 Å². The highest BCUT2D eigenvalue weighted by Gasteiger charge is 2.44. The summed E-state index contributed by atoms with van der Waals surface area (Å²) in [5.74, 6) is 0. The molecule has 1 heterocycles. The van der Waals surface area contributed by atoms with Gasteiger partial charge in [-0.05, 0) is 46.0 Å². The maximum absolute atomic E-state index is 8.75. The predicted octanol–water partition coefficient (Wildman–Crippen LogP) is 2.71. The Morgan fingerprint density at radius 1 is 1.47 bits per heavy atom. The number of ether oxygens (including phenoxy) is 1. The Hall–Kier alpha value is -0.590. The van der Waals surface area contributed by atoms with Gasteiger partial charge in [0.05, 0.1) is 11.7 Å². The van der Waals surface area contributed by atoms with E-state index < -0.39 is 0 Å². The van der Waals surface area contributed by atoms with E-state index in [1.165, 1.54) is 25.7 Å². The molecule has 0 radical (unpaired) electrons. The number of nitrogens with zero attached hydrogens (tertiary/aromatic N) is 2. The van der Waals surface area contributed by atoms with Gasteiger partial charge in [-0.25, -0.2) is 0 Å². The van der Waals surface area contributed by atoms with Gasteiger partial charge in [-0.15, -0.1) is 0 Å². The van der Waals surface area contributed by atoms with Crippen molar-refractivity contribution >= 4 is 0 Å². The van der Waals surface area contributed by atoms with Crippen molar-refractivity contribution in [1.82, 2.24) is 4.90 Å². The molecule has 1 atom stereocenters. The van der Waals surface area contributed by atoms with Crippen LogP contribution >= 0.6 is 0 Å². The van der Waals surface area contributed by atoms with Crippen molar-refractivity contribution in [3.05, 3.63) is 0 Å². The first-order valence-corrected chi connectivity index (χ1v) is 6.93. The van der Waals surface area contributed by atoms with E-state index in [9.17, 15) is 0 Å². The fourth-order valence-corrected chi connectivity index (χ4v) is 3.25. The van der Waals surface area contributed by atoms with Gasteiger partial charge >= 0.3 is 0 Å². The van der Waals surface area contributed by atoms with Crippen molar-refractivity contribution in [2.24, 2.45) is 0 Å². The molecule has 2 rings (SSSR count). The molecule has 0 N–H and O–H groups in total. The lowest BCUT2D eigenvalue weighted by molar-refractivity contribution is -0.150. The Morgan fingerprint density at radius 3 is 2.76 bits per heavy atom. The van der Waals surface area contributed by atoms with Gasteiger partial charge in [0.1, 0.15) is 0 Å². The Balaban J connectivity index is 1.95. The minimum absolute atomic E-state index is 0.211. The van der Waals surface area contributed by atoms with Crippen LogP contribution in [0.5, 0.6) is 0 Å². The second kappa shape index (κ2) is 5.37. The lowest BCUT2D eigenvalue weighted by atomic mass is 9.73. The van der Waals surface area contributed by atoms with Crippen LogP contribution in [0.15, 0.2) is 0 Å². The maximum Gasteiger partial charge on any atom is 0.0697 e. The first-order chi connectivity index (χ1) is 8.17. The zero-order valence-electron chi connectivity index (χ0n) is 11.1. The van der Waals surface area contributed by atoms with E-state index in [1.807, 2.05) is 0 Å². The summed E-state index contributed by atoms with van der Waals surface area (Å²) < 4.78 is 5.97. The molecule has 0 bridgehead atoms. The molecule has 0 aromatic carbocycles. The second-order valence-corrected chi connectivity index (χ2v) is 5.77. The van der Waals surface area contributed by atoms with E-state index in [2.05, 4.69) is 24.8 Å². The molecule has 1 saturated heterocycles. The molecule has 0 aromatic rings. The molecule has 1 aliphatic heterocycles. The summed E-state index contributed by atoms with van der Waals surface area (Å²) >= 11 is 0. The van der Waals surface area contributed by atoms with Crippen LogP contribution < -0.4 is 0 Å². The zero-order valence-corrected chi connectivity index (χ0v) is 11.1. The minimum Gasteiger partial charge on any atom is -0.375 e. The van der Waals surface area contributed by atoms with Gasteiger partial charge < -0.3 is 4.74 Å². The number of hydrogen-bond acceptors (Lipinski definition) is 3. The molecule has 96 valence electrons. The van der Waals surface area contributed by atoms with Gasteiger partial charge in [-0.2, -0.15) is 5.26 Å². The summed E-state index contributed by atoms with van der Waals surface area (Å²) in [6, 6.07) is 3.42. The first-order valence-electron chi connectivity index (χ1n) is 6.93.